The van der Waals surface area contributed by atoms with E-state index in [1.807, 2.05) is 91.0 Å². The molecule has 2 aliphatic heterocycles. The Morgan fingerprint density at radius 2 is 1.65 bits per heavy atom. The summed E-state index contributed by atoms with van der Waals surface area (Å²) in [4.78, 5) is 48.5. The smallest absolute Gasteiger partial charge is 0.332 e. The summed E-state index contributed by atoms with van der Waals surface area (Å²) >= 11 is 0. The van der Waals surface area contributed by atoms with Gasteiger partial charge in [0.05, 0.1) is 18.6 Å². The highest BCUT2D eigenvalue weighted by Crippen LogP contribution is 2.36. The maximum absolute atomic E-state index is 14.0. The molecule has 2 atom stereocenters. The fraction of sp³-hybridized carbons (Fsp3) is 0.226. The van der Waals surface area contributed by atoms with Gasteiger partial charge in [-0.2, -0.15) is 5.01 Å². The molecule has 40 heavy (non-hydrogen) atoms. The largest absolute Gasteiger partial charge is 0.333 e. The van der Waals surface area contributed by atoms with Crippen molar-refractivity contribution in [1.82, 2.24) is 30.1 Å². The number of nitrogens with one attached hydrogen (secondary N) is 1. The van der Waals surface area contributed by atoms with Gasteiger partial charge in [-0.05, 0) is 28.8 Å². The van der Waals surface area contributed by atoms with Gasteiger partial charge in [-0.1, -0.05) is 78.9 Å². The first-order valence-corrected chi connectivity index (χ1v) is 13.3. The molecule has 3 heterocycles. The van der Waals surface area contributed by atoms with Crippen molar-refractivity contribution in [3.8, 4) is 0 Å². The van der Waals surface area contributed by atoms with E-state index in [0.29, 0.717) is 13.1 Å². The van der Waals surface area contributed by atoms with E-state index in [1.54, 1.807) is 28.1 Å². The first kappa shape index (κ1) is 25.5. The first-order valence-electron chi connectivity index (χ1n) is 13.3. The van der Waals surface area contributed by atoms with E-state index in [4.69, 9.17) is 0 Å². The predicted octanol–water partition coefficient (Wildman–Crippen LogP) is 3.55. The van der Waals surface area contributed by atoms with Gasteiger partial charge in [0.2, 0.25) is 5.91 Å². The SMILES string of the molecule is CN(C(=O)NCc1ccccc1)N1CC(=O)N2[C@@H](c3ccccc3)C(=O)N(Cc3ccnc4ccccc34)C[C@@H]21. The number of hydrogen-bond acceptors (Lipinski definition) is 5. The third kappa shape index (κ3) is 4.76. The van der Waals surface area contributed by atoms with Crippen LogP contribution in [0.3, 0.4) is 0 Å². The molecule has 0 saturated carbocycles. The van der Waals surface area contributed by atoms with Crippen molar-refractivity contribution in [3.05, 3.63) is 114 Å². The second-order valence-corrected chi connectivity index (χ2v) is 10.1. The van der Waals surface area contributed by atoms with Crippen LogP contribution in [0.2, 0.25) is 0 Å². The highest BCUT2D eigenvalue weighted by molar-refractivity contribution is 5.92. The molecule has 2 aliphatic rings. The summed E-state index contributed by atoms with van der Waals surface area (Å²) in [6.07, 6.45) is 1.25. The van der Waals surface area contributed by atoms with Crippen molar-refractivity contribution in [3.63, 3.8) is 0 Å². The minimum absolute atomic E-state index is 0.00254. The molecule has 0 aliphatic carbocycles. The Morgan fingerprint density at radius 1 is 0.950 bits per heavy atom. The van der Waals surface area contributed by atoms with Crippen LogP contribution < -0.4 is 5.32 Å². The number of fused-ring (bicyclic) bond motifs is 2. The number of rotatable bonds is 6. The molecule has 1 aromatic heterocycles. The summed E-state index contributed by atoms with van der Waals surface area (Å²) in [7, 11) is 1.66. The fourth-order valence-corrected chi connectivity index (χ4v) is 5.60. The molecule has 9 nitrogen and oxygen atoms in total. The minimum atomic E-state index is -0.786. The quantitative estimate of drug-likeness (QED) is 0.409. The molecule has 4 aromatic rings. The second-order valence-electron chi connectivity index (χ2n) is 10.1. The van der Waals surface area contributed by atoms with E-state index in [0.717, 1.165) is 27.6 Å². The number of amides is 4. The van der Waals surface area contributed by atoms with Crippen LogP contribution >= 0.6 is 0 Å². The molecule has 0 bridgehead atoms. The zero-order valence-electron chi connectivity index (χ0n) is 22.2. The number of benzene rings is 3. The molecule has 0 radical (unpaired) electrons. The molecular formula is C31H30N6O3. The van der Waals surface area contributed by atoms with Gasteiger partial charge >= 0.3 is 6.03 Å². The van der Waals surface area contributed by atoms with Crippen molar-refractivity contribution in [1.29, 1.82) is 0 Å². The normalized spacial score (nSPS) is 19.1. The van der Waals surface area contributed by atoms with Gasteiger partial charge in [0, 0.05) is 31.7 Å². The zero-order chi connectivity index (χ0) is 27.6. The average Bonchev–Trinajstić information content (AvgIpc) is 3.32. The van der Waals surface area contributed by atoms with E-state index < -0.39 is 12.2 Å². The Labute approximate surface area is 232 Å². The van der Waals surface area contributed by atoms with Crippen LogP contribution in [0.15, 0.2) is 97.2 Å². The Bertz CT molecular complexity index is 1540. The van der Waals surface area contributed by atoms with Gasteiger partial charge in [-0.15, -0.1) is 0 Å². The molecule has 3 aromatic carbocycles. The van der Waals surface area contributed by atoms with Gasteiger partial charge < -0.3 is 15.1 Å². The molecular weight excluding hydrogens is 504 g/mol. The maximum atomic E-state index is 14.0. The number of hydrazine groups is 1. The molecule has 4 amide bonds. The van der Waals surface area contributed by atoms with Crippen LogP contribution in [0.5, 0.6) is 0 Å². The number of hydrogen-bond donors (Lipinski definition) is 1. The molecule has 0 spiro atoms. The Balaban J connectivity index is 1.30. The number of carbonyl (C=O) groups excluding carboxylic acids is 3. The van der Waals surface area contributed by atoms with Gasteiger partial charge in [0.25, 0.3) is 5.91 Å². The number of para-hydroxylation sites is 1. The molecule has 1 N–H and O–H groups in total. The fourth-order valence-electron chi connectivity index (χ4n) is 5.60. The van der Waals surface area contributed by atoms with Crippen LogP contribution in [-0.4, -0.2) is 69.0 Å². The van der Waals surface area contributed by atoms with E-state index >= 15 is 0 Å². The Kier molecular flexibility index (Phi) is 6.88. The van der Waals surface area contributed by atoms with Gasteiger partial charge in [0.15, 0.2) is 0 Å². The molecule has 9 heteroatoms. The molecule has 2 saturated heterocycles. The standard InChI is InChI=1S/C31H30N6O3/c1-34(31(40)33-18-22-10-4-2-5-11-22)36-21-28(38)37-27(36)20-35(30(39)29(37)23-12-6-3-7-13-23)19-24-16-17-32-26-15-9-8-14-25(24)26/h2-17,27,29H,18-21H2,1H3,(H,33,40)/t27-,29+/m1/s1. The number of aromatic nitrogens is 1. The van der Waals surface area contributed by atoms with E-state index in [-0.39, 0.29) is 30.9 Å². The van der Waals surface area contributed by atoms with Gasteiger partial charge in [0.1, 0.15) is 12.2 Å². The number of carbonyl (C=O) groups is 3. The number of nitrogens with zero attached hydrogens (tertiary/aromatic N) is 5. The van der Waals surface area contributed by atoms with Crippen molar-refractivity contribution in [2.75, 3.05) is 20.1 Å². The van der Waals surface area contributed by atoms with Crippen LogP contribution in [0.25, 0.3) is 10.9 Å². The Hall–Kier alpha value is -4.76. The lowest BCUT2D eigenvalue weighted by Gasteiger charge is -2.45. The summed E-state index contributed by atoms with van der Waals surface area (Å²) < 4.78 is 0. The number of urea groups is 1. The van der Waals surface area contributed by atoms with Gasteiger partial charge in [-0.25, -0.2) is 4.79 Å². The van der Waals surface area contributed by atoms with Crippen molar-refractivity contribution in [2.24, 2.45) is 0 Å². The summed E-state index contributed by atoms with van der Waals surface area (Å²) in [5, 5.41) is 7.13. The lowest BCUT2D eigenvalue weighted by atomic mass is 9.99. The summed E-state index contributed by atoms with van der Waals surface area (Å²) in [6.45, 7) is 0.997. The maximum Gasteiger partial charge on any atom is 0.332 e. The van der Waals surface area contributed by atoms with Crippen molar-refractivity contribution >= 4 is 28.7 Å². The Morgan fingerprint density at radius 3 is 2.42 bits per heavy atom. The topological polar surface area (TPSA) is 89.1 Å². The van der Waals surface area contributed by atoms with E-state index in [9.17, 15) is 14.4 Å². The number of pyridine rings is 1. The third-order valence-corrected chi connectivity index (χ3v) is 7.64. The van der Waals surface area contributed by atoms with E-state index in [1.165, 1.54) is 5.01 Å². The lowest BCUT2D eigenvalue weighted by molar-refractivity contribution is -0.157. The average molecular weight is 535 g/mol. The second kappa shape index (κ2) is 10.8. The number of piperazine rings is 1. The molecule has 2 fully saturated rings. The van der Waals surface area contributed by atoms with Crippen molar-refractivity contribution < 1.29 is 14.4 Å². The van der Waals surface area contributed by atoms with Crippen LogP contribution in [-0.2, 0) is 22.7 Å². The van der Waals surface area contributed by atoms with Gasteiger partial charge in [-0.3, -0.25) is 19.6 Å². The monoisotopic (exact) mass is 534 g/mol. The predicted molar refractivity (Wildman–Crippen MR) is 150 cm³/mol. The molecule has 6 rings (SSSR count). The first-order chi connectivity index (χ1) is 19.5. The van der Waals surface area contributed by atoms with E-state index in [2.05, 4.69) is 10.3 Å². The molecule has 202 valence electrons. The highest BCUT2D eigenvalue weighted by Gasteiger charge is 2.52. The summed E-state index contributed by atoms with van der Waals surface area (Å²) in [6, 6.07) is 27.7. The highest BCUT2D eigenvalue weighted by atomic mass is 16.2. The van der Waals surface area contributed by atoms with Crippen LogP contribution in [0.1, 0.15) is 22.7 Å². The van der Waals surface area contributed by atoms with Crippen molar-refractivity contribution in [2.45, 2.75) is 25.3 Å². The molecule has 0 unspecified atom stereocenters. The van der Waals surface area contributed by atoms with Crippen LogP contribution in [0.4, 0.5) is 4.79 Å². The zero-order valence-corrected chi connectivity index (χ0v) is 22.2. The summed E-state index contributed by atoms with van der Waals surface area (Å²) in [5.41, 5.74) is 3.56. The minimum Gasteiger partial charge on any atom is -0.333 e. The lowest BCUT2D eigenvalue weighted by Crippen LogP contribution is -2.62. The summed E-state index contributed by atoms with van der Waals surface area (Å²) in [5.74, 6) is -0.335. The third-order valence-electron chi connectivity index (χ3n) is 7.64. The van der Waals surface area contributed by atoms with Crippen LogP contribution in [0, 0.1) is 0 Å².